The van der Waals surface area contributed by atoms with Gasteiger partial charge in [-0.1, -0.05) is 0 Å². The summed E-state index contributed by atoms with van der Waals surface area (Å²) in [6, 6.07) is 0.0519. The first-order chi connectivity index (χ1) is 9.49. The number of nitrogens with one attached hydrogen (secondary N) is 1. The van der Waals surface area contributed by atoms with Gasteiger partial charge in [0, 0.05) is 25.0 Å². The molecule has 1 amide bonds. The highest BCUT2D eigenvalue weighted by Crippen LogP contribution is 2.17. The first-order valence-corrected chi connectivity index (χ1v) is 5.64. The Hall–Kier alpha value is -2.90. The SMILES string of the molecule is Cn1cc(C(NC(=O)c2ccncc2O)C(=O)O)cn1. The van der Waals surface area contributed by atoms with Gasteiger partial charge in [-0.3, -0.25) is 14.5 Å². The van der Waals surface area contributed by atoms with Gasteiger partial charge in [-0.05, 0) is 6.07 Å². The van der Waals surface area contributed by atoms with E-state index in [1.165, 1.54) is 29.3 Å². The van der Waals surface area contributed by atoms with E-state index in [1.807, 2.05) is 0 Å². The number of pyridine rings is 1. The molecule has 2 aromatic heterocycles. The Bertz CT molecular complexity index is 652. The Kier molecular flexibility index (Phi) is 3.65. The fraction of sp³-hybridized carbons (Fsp3) is 0.167. The average Bonchev–Trinajstić information content (AvgIpc) is 2.82. The minimum absolute atomic E-state index is 0.0462. The lowest BCUT2D eigenvalue weighted by Gasteiger charge is -2.13. The Balaban J connectivity index is 2.23. The summed E-state index contributed by atoms with van der Waals surface area (Å²) in [6.07, 6.45) is 5.28. The second-order valence-electron chi connectivity index (χ2n) is 4.08. The number of hydrogen-bond acceptors (Lipinski definition) is 5. The van der Waals surface area contributed by atoms with E-state index in [4.69, 9.17) is 0 Å². The van der Waals surface area contributed by atoms with Crippen molar-refractivity contribution in [1.82, 2.24) is 20.1 Å². The van der Waals surface area contributed by atoms with Crippen LogP contribution in [-0.4, -0.2) is 36.9 Å². The van der Waals surface area contributed by atoms with Gasteiger partial charge in [0.2, 0.25) is 0 Å². The number of carbonyl (C=O) groups is 2. The van der Waals surface area contributed by atoms with Gasteiger partial charge >= 0.3 is 5.97 Å². The number of aliphatic carboxylic acids is 1. The Morgan fingerprint density at radius 1 is 1.40 bits per heavy atom. The van der Waals surface area contributed by atoms with Crippen LogP contribution in [0.3, 0.4) is 0 Å². The summed E-state index contributed by atoms with van der Waals surface area (Å²) in [6.45, 7) is 0. The van der Waals surface area contributed by atoms with Gasteiger partial charge in [-0.15, -0.1) is 0 Å². The van der Waals surface area contributed by atoms with Crippen LogP contribution in [0.1, 0.15) is 22.0 Å². The number of aromatic hydroxyl groups is 1. The molecule has 2 rings (SSSR count). The van der Waals surface area contributed by atoms with Crippen LogP contribution in [0.2, 0.25) is 0 Å². The lowest BCUT2D eigenvalue weighted by molar-refractivity contribution is -0.139. The summed E-state index contributed by atoms with van der Waals surface area (Å²) < 4.78 is 1.43. The lowest BCUT2D eigenvalue weighted by atomic mass is 10.1. The third-order valence-electron chi connectivity index (χ3n) is 2.63. The molecule has 8 nitrogen and oxygen atoms in total. The number of aryl methyl sites for hydroxylation is 1. The number of rotatable bonds is 4. The predicted octanol–water partition coefficient (Wildman–Crippen LogP) is 0.0764. The highest BCUT2D eigenvalue weighted by molar-refractivity contribution is 5.98. The van der Waals surface area contributed by atoms with Gasteiger partial charge in [-0.25, -0.2) is 4.79 Å². The number of carboxylic acid groups (broad SMARTS) is 1. The molecular weight excluding hydrogens is 264 g/mol. The molecule has 20 heavy (non-hydrogen) atoms. The van der Waals surface area contributed by atoms with Crippen LogP contribution in [0, 0.1) is 0 Å². The van der Waals surface area contributed by atoms with E-state index in [2.05, 4.69) is 15.4 Å². The minimum Gasteiger partial charge on any atom is -0.505 e. The van der Waals surface area contributed by atoms with Crippen LogP contribution in [0.4, 0.5) is 0 Å². The molecule has 0 saturated heterocycles. The number of amides is 1. The van der Waals surface area contributed by atoms with E-state index in [1.54, 1.807) is 7.05 Å². The molecule has 2 aromatic rings. The van der Waals surface area contributed by atoms with Crippen molar-refractivity contribution in [1.29, 1.82) is 0 Å². The van der Waals surface area contributed by atoms with Gasteiger partial charge < -0.3 is 15.5 Å². The maximum absolute atomic E-state index is 12.0. The minimum atomic E-state index is -1.25. The highest BCUT2D eigenvalue weighted by atomic mass is 16.4. The van der Waals surface area contributed by atoms with Crippen molar-refractivity contribution in [2.75, 3.05) is 0 Å². The number of aromatic nitrogens is 3. The van der Waals surface area contributed by atoms with Crippen molar-refractivity contribution in [2.45, 2.75) is 6.04 Å². The molecule has 3 N–H and O–H groups in total. The van der Waals surface area contributed by atoms with Crippen molar-refractivity contribution in [3.63, 3.8) is 0 Å². The Labute approximate surface area is 113 Å². The van der Waals surface area contributed by atoms with Gasteiger partial charge in [0.1, 0.15) is 5.75 Å². The topological polar surface area (TPSA) is 117 Å². The molecular formula is C12H12N4O4. The third kappa shape index (κ3) is 2.74. The standard InChI is InChI=1S/C12H12N4O4/c1-16-6-7(4-14-16)10(12(19)20)15-11(18)8-2-3-13-5-9(8)17/h2-6,10,17H,1H3,(H,15,18)(H,19,20). The summed E-state index contributed by atoms with van der Waals surface area (Å²) in [7, 11) is 1.64. The Morgan fingerprint density at radius 3 is 2.70 bits per heavy atom. The zero-order valence-corrected chi connectivity index (χ0v) is 10.5. The molecule has 0 aliphatic heterocycles. The largest absolute Gasteiger partial charge is 0.505 e. The quantitative estimate of drug-likeness (QED) is 0.727. The molecule has 0 fully saturated rings. The first-order valence-electron chi connectivity index (χ1n) is 5.64. The molecule has 104 valence electrons. The molecule has 0 saturated carbocycles. The van der Waals surface area contributed by atoms with Gasteiger partial charge in [0.25, 0.3) is 5.91 Å². The van der Waals surface area contributed by atoms with E-state index in [-0.39, 0.29) is 11.3 Å². The van der Waals surface area contributed by atoms with Crippen LogP contribution in [0.5, 0.6) is 5.75 Å². The molecule has 0 aliphatic rings. The van der Waals surface area contributed by atoms with Crippen molar-refractivity contribution in [3.05, 3.63) is 42.0 Å². The van der Waals surface area contributed by atoms with E-state index in [0.29, 0.717) is 5.56 Å². The molecule has 8 heteroatoms. The first kappa shape index (κ1) is 13.5. The van der Waals surface area contributed by atoms with Gasteiger partial charge in [0.05, 0.1) is 18.0 Å². The van der Waals surface area contributed by atoms with E-state index >= 15 is 0 Å². The highest BCUT2D eigenvalue weighted by Gasteiger charge is 2.25. The number of hydrogen-bond donors (Lipinski definition) is 3. The lowest BCUT2D eigenvalue weighted by Crippen LogP contribution is -2.33. The van der Waals surface area contributed by atoms with E-state index in [0.717, 1.165) is 6.20 Å². The molecule has 0 radical (unpaired) electrons. The maximum Gasteiger partial charge on any atom is 0.331 e. The van der Waals surface area contributed by atoms with E-state index in [9.17, 15) is 19.8 Å². The zero-order valence-electron chi connectivity index (χ0n) is 10.5. The maximum atomic E-state index is 12.0. The van der Waals surface area contributed by atoms with Crippen molar-refractivity contribution in [3.8, 4) is 5.75 Å². The van der Waals surface area contributed by atoms with Gasteiger partial charge in [0.15, 0.2) is 6.04 Å². The van der Waals surface area contributed by atoms with Crippen LogP contribution in [0.15, 0.2) is 30.9 Å². The predicted molar refractivity (Wildman–Crippen MR) is 67.0 cm³/mol. The fourth-order valence-corrected chi connectivity index (χ4v) is 1.66. The normalized spacial score (nSPS) is 11.8. The summed E-state index contributed by atoms with van der Waals surface area (Å²) in [5.41, 5.74) is 0.289. The van der Waals surface area contributed by atoms with E-state index < -0.39 is 17.9 Å². The number of carboxylic acids is 1. The summed E-state index contributed by atoms with van der Waals surface area (Å²) in [5.74, 6) is -2.25. The second-order valence-corrected chi connectivity index (χ2v) is 4.08. The second kappa shape index (κ2) is 5.39. The van der Waals surface area contributed by atoms with Crippen LogP contribution in [0.25, 0.3) is 0 Å². The molecule has 0 aromatic carbocycles. The van der Waals surface area contributed by atoms with Gasteiger partial charge in [-0.2, -0.15) is 5.10 Å². The molecule has 2 heterocycles. The van der Waals surface area contributed by atoms with Crippen LogP contribution < -0.4 is 5.32 Å². The summed E-state index contributed by atoms with van der Waals surface area (Å²) in [4.78, 5) is 26.8. The fourth-order valence-electron chi connectivity index (χ4n) is 1.66. The summed E-state index contributed by atoms with van der Waals surface area (Å²) >= 11 is 0. The molecule has 1 atom stereocenters. The number of nitrogens with zero attached hydrogens (tertiary/aromatic N) is 3. The third-order valence-corrected chi connectivity index (χ3v) is 2.63. The smallest absolute Gasteiger partial charge is 0.331 e. The van der Waals surface area contributed by atoms with Crippen LogP contribution in [-0.2, 0) is 11.8 Å². The van der Waals surface area contributed by atoms with Crippen molar-refractivity contribution >= 4 is 11.9 Å². The molecule has 0 spiro atoms. The molecule has 0 bridgehead atoms. The van der Waals surface area contributed by atoms with Crippen molar-refractivity contribution in [2.24, 2.45) is 7.05 Å². The van der Waals surface area contributed by atoms with Crippen molar-refractivity contribution < 1.29 is 19.8 Å². The Morgan fingerprint density at radius 2 is 2.15 bits per heavy atom. The zero-order chi connectivity index (χ0) is 14.7. The molecule has 1 unspecified atom stereocenters. The number of carbonyl (C=O) groups excluding carboxylic acids is 1. The summed E-state index contributed by atoms with van der Waals surface area (Å²) in [5, 5.41) is 24.9. The average molecular weight is 276 g/mol. The van der Waals surface area contributed by atoms with Crippen LogP contribution >= 0.6 is 0 Å². The molecule has 0 aliphatic carbocycles. The monoisotopic (exact) mass is 276 g/mol.